The van der Waals surface area contributed by atoms with E-state index in [1.807, 2.05) is 15.6 Å². The molecule has 4 heterocycles. The number of carbonyl (C=O) groups excluding carboxylic acids is 1. The maximum Gasteiger partial charge on any atom is 0.274 e. The summed E-state index contributed by atoms with van der Waals surface area (Å²) in [6.45, 7) is 11.0. The third-order valence-corrected chi connectivity index (χ3v) is 5.63. The van der Waals surface area contributed by atoms with Crippen LogP contribution in [-0.4, -0.2) is 80.1 Å². The van der Waals surface area contributed by atoms with Gasteiger partial charge in [0.1, 0.15) is 5.82 Å². The smallest absolute Gasteiger partial charge is 0.274 e. The van der Waals surface area contributed by atoms with Gasteiger partial charge < -0.3 is 14.8 Å². The number of H-pyrrole nitrogens is 1. The van der Waals surface area contributed by atoms with Gasteiger partial charge in [-0.25, -0.2) is 4.98 Å². The van der Waals surface area contributed by atoms with Crippen LogP contribution in [0.2, 0.25) is 0 Å². The van der Waals surface area contributed by atoms with Gasteiger partial charge >= 0.3 is 0 Å². The highest BCUT2D eigenvalue weighted by molar-refractivity contribution is 5.92. The summed E-state index contributed by atoms with van der Waals surface area (Å²) in [6.07, 6.45) is 0.922. The molecule has 0 radical (unpaired) electrons. The van der Waals surface area contributed by atoms with Crippen molar-refractivity contribution in [1.29, 1.82) is 0 Å². The Kier molecular flexibility index (Phi) is 5.01. The van der Waals surface area contributed by atoms with E-state index >= 15 is 0 Å². The van der Waals surface area contributed by atoms with Crippen LogP contribution in [0.4, 0.5) is 0 Å². The fraction of sp³-hybridized carbons (Fsp3) is 0.632. The van der Waals surface area contributed by atoms with Gasteiger partial charge in [0, 0.05) is 57.9 Å². The number of amides is 1. The number of aromatic amines is 1. The summed E-state index contributed by atoms with van der Waals surface area (Å²) < 4.78 is 1.99. The molecule has 2 aromatic rings. The summed E-state index contributed by atoms with van der Waals surface area (Å²) in [5.41, 5.74) is 3.97. The van der Waals surface area contributed by atoms with Crippen LogP contribution in [0.25, 0.3) is 0 Å². The summed E-state index contributed by atoms with van der Waals surface area (Å²) in [6, 6.07) is 1.97. The van der Waals surface area contributed by atoms with Gasteiger partial charge in [0.15, 0.2) is 5.69 Å². The number of hydrogen-bond donors (Lipinski definition) is 1. The first-order chi connectivity index (χ1) is 13.0. The molecule has 0 unspecified atom stereocenters. The molecule has 8 heteroatoms. The Morgan fingerprint density at radius 2 is 1.96 bits per heavy atom. The van der Waals surface area contributed by atoms with E-state index in [-0.39, 0.29) is 5.91 Å². The molecule has 0 aliphatic carbocycles. The summed E-state index contributed by atoms with van der Waals surface area (Å²) >= 11 is 0. The van der Waals surface area contributed by atoms with Gasteiger partial charge in [0.2, 0.25) is 0 Å². The lowest BCUT2D eigenvalue weighted by atomic mass is 10.2. The van der Waals surface area contributed by atoms with Crippen molar-refractivity contribution >= 4 is 5.91 Å². The van der Waals surface area contributed by atoms with E-state index in [1.165, 1.54) is 0 Å². The number of hydrogen-bond acceptors (Lipinski definition) is 5. The number of fused-ring (bicyclic) bond motifs is 1. The average Bonchev–Trinajstić information content (AvgIpc) is 3.25. The first-order valence-electron chi connectivity index (χ1n) is 9.84. The summed E-state index contributed by atoms with van der Waals surface area (Å²) in [5, 5.41) is 4.58. The molecule has 2 aliphatic rings. The second-order valence-corrected chi connectivity index (χ2v) is 7.66. The van der Waals surface area contributed by atoms with Crippen molar-refractivity contribution < 1.29 is 4.79 Å². The minimum absolute atomic E-state index is 0.0623. The summed E-state index contributed by atoms with van der Waals surface area (Å²) in [4.78, 5) is 27.4. The number of aryl methyl sites for hydroxylation is 2. The molecule has 27 heavy (non-hydrogen) atoms. The van der Waals surface area contributed by atoms with E-state index in [4.69, 9.17) is 4.98 Å². The Balaban J connectivity index is 1.42. The molecule has 1 N–H and O–H groups in total. The Morgan fingerprint density at radius 1 is 1.19 bits per heavy atom. The molecule has 1 fully saturated rings. The second-order valence-electron chi connectivity index (χ2n) is 7.66. The number of aromatic nitrogens is 4. The Morgan fingerprint density at radius 3 is 2.67 bits per heavy atom. The minimum Gasteiger partial charge on any atom is -0.346 e. The quantitative estimate of drug-likeness (QED) is 0.864. The average molecular weight is 371 g/mol. The van der Waals surface area contributed by atoms with Crippen LogP contribution >= 0.6 is 0 Å². The number of nitrogens with zero attached hydrogens (tertiary/aromatic N) is 6. The summed E-state index contributed by atoms with van der Waals surface area (Å²) in [5.74, 6) is 1.11. The Hall–Kier alpha value is -2.19. The molecule has 0 spiro atoms. The summed E-state index contributed by atoms with van der Waals surface area (Å²) in [7, 11) is 2.09. The molecule has 0 bridgehead atoms. The zero-order valence-corrected chi connectivity index (χ0v) is 16.5. The Bertz CT molecular complexity index is 816. The van der Waals surface area contributed by atoms with E-state index in [1.54, 1.807) is 0 Å². The number of nitrogens with one attached hydrogen (secondary N) is 1. The van der Waals surface area contributed by atoms with Crippen LogP contribution in [0.15, 0.2) is 6.07 Å². The fourth-order valence-corrected chi connectivity index (χ4v) is 3.83. The molecule has 0 aromatic carbocycles. The second kappa shape index (κ2) is 7.44. The minimum atomic E-state index is 0.0623. The normalized spacial score (nSPS) is 18.7. The van der Waals surface area contributed by atoms with Crippen molar-refractivity contribution in [3.8, 4) is 0 Å². The van der Waals surface area contributed by atoms with E-state index in [0.29, 0.717) is 5.69 Å². The van der Waals surface area contributed by atoms with E-state index in [9.17, 15) is 4.79 Å². The van der Waals surface area contributed by atoms with E-state index in [0.717, 1.165) is 81.7 Å². The van der Waals surface area contributed by atoms with Crippen LogP contribution in [-0.2, 0) is 26.1 Å². The standard InChI is InChI=1S/C19H29N7O/c1-4-18-20-14(2)17(21-18)13-24-7-10-26-15(12-24)11-16(22-26)19(27)25-8-5-23(3)6-9-25/h11H,4-10,12-13H2,1-3H3,(H,20,21). The van der Waals surface area contributed by atoms with Gasteiger partial charge in [-0.05, 0) is 20.0 Å². The highest BCUT2D eigenvalue weighted by Gasteiger charge is 2.26. The maximum atomic E-state index is 12.8. The molecule has 1 amide bonds. The van der Waals surface area contributed by atoms with Crippen LogP contribution in [0.5, 0.6) is 0 Å². The number of imidazole rings is 1. The first-order valence-corrected chi connectivity index (χ1v) is 9.84. The molecule has 2 aromatic heterocycles. The van der Waals surface area contributed by atoms with Crippen LogP contribution in [0.1, 0.15) is 40.3 Å². The number of carbonyl (C=O) groups is 1. The van der Waals surface area contributed by atoms with Crippen LogP contribution in [0.3, 0.4) is 0 Å². The molecule has 1 saturated heterocycles. The fourth-order valence-electron chi connectivity index (χ4n) is 3.83. The third-order valence-electron chi connectivity index (χ3n) is 5.63. The van der Waals surface area contributed by atoms with Crippen molar-refractivity contribution in [2.75, 3.05) is 39.8 Å². The van der Waals surface area contributed by atoms with Gasteiger partial charge in [-0.15, -0.1) is 0 Å². The largest absolute Gasteiger partial charge is 0.346 e. The monoisotopic (exact) mass is 371 g/mol. The van der Waals surface area contributed by atoms with Crippen molar-refractivity contribution in [1.82, 2.24) is 34.4 Å². The predicted octanol–water partition coefficient (Wildman–Crippen LogP) is 0.880. The van der Waals surface area contributed by atoms with Gasteiger partial charge in [-0.1, -0.05) is 6.92 Å². The van der Waals surface area contributed by atoms with Gasteiger partial charge in [-0.3, -0.25) is 14.4 Å². The van der Waals surface area contributed by atoms with Crippen molar-refractivity contribution in [2.45, 2.75) is 39.9 Å². The number of rotatable bonds is 4. The van der Waals surface area contributed by atoms with E-state index in [2.05, 4.69) is 40.8 Å². The first kappa shape index (κ1) is 18.2. The van der Waals surface area contributed by atoms with Crippen molar-refractivity contribution in [3.05, 3.63) is 34.7 Å². The molecule has 8 nitrogen and oxygen atoms in total. The molecule has 4 rings (SSSR count). The molecular weight excluding hydrogens is 342 g/mol. The lowest BCUT2D eigenvalue weighted by Crippen LogP contribution is -2.47. The maximum absolute atomic E-state index is 12.8. The van der Waals surface area contributed by atoms with Crippen molar-refractivity contribution in [3.63, 3.8) is 0 Å². The van der Waals surface area contributed by atoms with E-state index < -0.39 is 0 Å². The van der Waals surface area contributed by atoms with Crippen molar-refractivity contribution in [2.24, 2.45) is 0 Å². The molecule has 0 saturated carbocycles. The highest BCUT2D eigenvalue weighted by atomic mass is 16.2. The Labute approximate surface area is 160 Å². The van der Waals surface area contributed by atoms with Gasteiger partial charge in [0.05, 0.1) is 17.9 Å². The molecule has 146 valence electrons. The van der Waals surface area contributed by atoms with Gasteiger partial charge in [-0.2, -0.15) is 5.10 Å². The lowest BCUT2D eigenvalue weighted by Gasteiger charge is -2.31. The zero-order chi connectivity index (χ0) is 19.0. The number of piperazine rings is 1. The molecular formula is C19H29N7O. The molecule has 2 aliphatic heterocycles. The topological polar surface area (TPSA) is 73.3 Å². The predicted molar refractivity (Wildman–Crippen MR) is 102 cm³/mol. The SMILES string of the molecule is CCc1nc(CN2CCn3nc(C(=O)N4CCN(C)CC4)cc3C2)c(C)[nH]1. The van der Waals surface area contributed by atoms with Crippen LogP contribution < -0.4 is 0 Å². The zero-order valence-electron chi connectivity index (χ0n) is 16.5. The number of likely N-dealkylation sites (N-methyl/N-ethyl adjacent to an activating group) is 1. The van der Waals surface area contributed by atoms with Crippen LogP contribution in [0, 0.1) is 6.92 Å². The lowest BCUT2D eigenvalue weighted by molar-refractivity contribution is 0.0657. The van der Waals surface area contributed by atoms with Gasteiger partial charge in [0.25, 0.3) is 5.91 Å². The highest BCUT2D eigenvalue weighted by Crippen LogP contribution is 2.18. The third kappa shape index (κ3) is 3.77. The molecule has 0 atom stereocenters.